The highest BCUT2D eigenvalue weighted by molar-refractivity contribution is 5.92. The summed E-state index contributed by atoms with van der Waals surface area (Å²) in [5.74, 6) is 2.37. The molecule has 318 valence electrons. The Morgan fingerprint density at radius 1 is 0.536 bits per heavy atom. The molecule has 4 aliphatic heterocycles. The van der Waals surface area contributed by atoms with Crippen LogP contribution in [0.4, 0.5) is 0 Å². The topological polar surface area (TPSA) is 115 Å². The van der Waals surface area contributed by atoms with Crippen LogP contribution in [0.2, 0.25) is 0 Å². The Kier molecular flexibility index (Phi) is 16.3. The summed E-state index contributed by atoms with van der Waals surface area (Å²) in [5, 5.41) is 19.6. The van der Waals surface area contributed by atoms with E-state index >= 15 is 0 Å². The van der Waals surface area contributed by atoms with Gasteiger partial charge in [0, 0.05) is 51.0 Å². The Balaban J connectivity index is 0.000000214. The molecule has 6 rings (SSSR count). The molecule has 0 bridgehead atoms. The lowest BCUT2D eigenvalue weighted by Crippen LogP contribution is -2.47. The quantitative estimate of drug-likeness (QED) is 0.271. The number of fused-ring (bicyclic) bond motifs is 6. The molecule has 10 atom stereocenters. The van der Waals surface area contributed by atoms with Crippen LogP contribution >= 0.6 is 0 Å². The first-order valence-electron chi connectivity index (χ1n) is 23.3. The van der Waals surface area contributed by atoms with Crippen LogP contribution in [0.15, 0.2) is 12.2 Å². The summed E-state index contributed by atoms with van der Waals surface area (Å²) >= 11 is 0. The van der Waals surface area contributed by atoms with Crippen molar-refractivity contribution in [1.29, 1.82) is 0 Å². The minimum atomic E-state index is -0.263. The van der Waals surface area contributed by atoms with Crippen LogP contribution in [0.3, 0.4) is 0 Å². The SMILES string of the molecule is C[C@H]1CCCCC=CCCCC[C@@H](CO)CC(=O)[C@@H]2[C@@H]3[C@H](CN2C1=O)C3(C)C.C[C@H]1CCCCCCCCCC[C@@H](CO)CC(=O)[C@@H]2[C@@H]3[C@H](CN2C1=O)C3(C)C. The summed E-state index contributed by atoms with van der Waals surface area (Å²) in [4.78, 5) is 56.7. The van der Waals surface area contributed by atoms with Crippen molar-refractivity contribution in [1.82, 2.24) is 9.80 Å². The summed E-state index contributed by atoms with van der Waals surface area (Å²) in [6.45, 7) is 14.7. The highest BCUT2D eigenvalue weighted by Gasteiger charge is 2.70. The van der Waals surface area contributed by atoms with Crippen LogP contribution in [0.5, 0.6) is 0 Å². The standard InChI is InChI=1S/C24H41NO3.C24H39NO3/c2*1-17-12-10-8-6-4-5-7-9-11-13-18(16-26)14-20(27)22-21-19(24(21,2)3)15-25(22)23(17)28/h17-19,21-22,26H,4-16H2,1-3H3;4-5,17-19,21-22,26H,6-16H2,1-3H3/t2*17-,18+,19-,21-,22+/m00/s1. The molecule has 0 unspecified atom stereocenters. The Morgan fingerprint density at radius 2 is 0.875 bits per heavy atom. The summed E-state index contributed by atoms with van der Waals surface area (Å²) < 4.78 is 0. The maximum Gasteiger partial charge on any atom is 0.226 e. The number of Topliss-reactive ketones (excluding diaryl/α,β-unsaturated/α-hetero) is 2. The number of allylic oxidation sites excluding steroid dienone is 2. The largest absolute Gasteiger partial charge is 0.396 e. The first-order valence-corrected chi connectivity index (χ1v) is 23.3. The van der Waals surface area contributed by atoms with Crippen molar-refractivity contribution >= 4 is 23.4 Å². The van der Waals surface area contributed by atoms with E-state index in [0.29, 0.717) is 36.5 Å². The van der Waals surface area contributed by atoms with E-state index in [2.05, 4.69) is 39.8 Å². The average Bonchev–Trinajstić information content (AvgIpc) is 3.63. The van der Waals surface area contributed by atoms with Gasteiger partial charge < -0.3 is 20.0 Å². The number of piperidine rings is 2. The number of aliphatic hydroxyl groups is 2. The number of carbonyl (C=O) groups is 4. The summed E-state index contributed by atoms with van der Waals surface area (Å²) in [7, 11) is 0. The van der Waals surface area contributed by atoms with Crippen LogP contribution in [0.1, 0.15) is 170 Å². The van der Waals surface area contributed by atoms with Gasteiger partial charge in [0.2, 0.25) is 11.8 Å². The van der Waals surface area contributed by atoms with Gasteiger partial charge in [-0.25, -0.2) is 0 Å². The molecule has 0 aromatic heterocycles. The van der Waals surface area contributed by atoms with E-state index in [0.717, 1.165) is 90.1 Å². The predicted molar refractivity (Wildman–Crippen MR) is 223 cm³/mol. The van der Waals surface area contributed by atoms with E-state index in [9.17, 15) is 29.4 Å². The Hall–Kier alpha value is -2.06. The molecule has 2 aliphatic carbocycles. The second-order valence-electron chi connectivity index (χ2n) is 20.5. The highest BCUT2D eigenvalue weighted by atomic mass is 16.3. The number of aliphatic hydroxyl groups excluding tert-OH is 2. The Labute approximate surface area is 340 Å². The summed E-state index contributed by atoms with van der Waals surface area (Å²) in [5.41, 5.74) is 0.341. The van der Waals surface area contributed by atoms with Gasteiger partial charge >= 0.3 is 0 Å². The molecule has 0 aromatic rings. The molecule has 3 saturated heterocycles. The van der Waals surface area contributed by atoms with Gasteiger partial charge in [-0.3, -0.25) is 19.2 Å². The fraction of sp³-hybridized carbons (Fsp3) is 0.875. The molecular formula is C48H80N2O6. The van der Waals surface area contributed by atoms with Crippen molar-refractivity contribution in [2.45, 2.75) is 182 Å². The van der Waals surface area contributed by atoms with Crippen molar-refractivity contribution in [2.75, 3.05) is 26.3 Å². The van der Waals surface area contributed by atoms with Crippen LogP contribution in [-0.4, -0.2) is 81.8 Å². The van der Waals surface area contributed by atoms with Gasteiger partial charge in [-0.1, -0.05) is 118 Å². The number of hydrogen-bond acceptors (Lipinski definition) is 6. The molecule has 8 heteroatoms. The number of amides is 2. The van der Waals surface area contributed by atoms with E-state index in [-0.39, 0.29) is 83.2 Å². The summed E-state index contributed by atoms with van der Waals surface area (Å²) in [6.07, 6.45) is 25.3. The van der Waals surface area contributed by atoms with Gasteiger partial charge in [-0.15, -0.1) is 0 Å². The zero-order chi connectivity index (χ0) is 40.6. The second kappa shape index (κ2) is 20.3. The normalized spacial score (nSPS) is 37.6. The van der Waals surface area contributed by atoms with Crippen molar-refractivity contribution in [3.8, 4) is 0 Å². The first kappa shape index (κ1) is 45.0. The first-order chi connectivity index (χ1) is 26.7. The molecule has 0 aromatic carbocycles. The fourth-order valence-corrected chi connectivity index (χ4v) is 11.5. The number of ketones is 2. The third-order valence-electron chi connectivity index (χ3n) is 15.6. The summed E-state index contributed by atoms with van der Waals surface area (Å²) in [6, 6.07) is -0.513. The number of rotatable bonds is 2. The van der Waals surface area contributed by atoms with E-state index < -0.39 is 0 Å². The van der Waals surface area contributed by atoms with E-state index in [1.54, 1.807) is 0 Å². The molecule has 4 heterocycles. The molecule has 6 aliphatic rings. The van der Waals surface area contributed by atoms with Crippen LogP contribution in [-0.2, 0) is 19.2 Å². The Bertz CT molecular complexity index is 1350. The highest BCUT2D eigenvalue weighted by Crippen LogP contribution is 2.66. The van der Waals surface area contributed by atoms with E-state index in [1.807, 2.05) is 23.6 Å². The van der Waals surface area contributed by atoms with Crippen molar-refractivity contribution < 1.29 is 29.4 Å². The zero-order valence-electron chi connectivity index (χ0n) is 36.3. The van der Waals surface area contributed by atoms with Crippen LogP contribution in [0.25, 0.3) is 0 Å². The molecule has 5 fully saturated rings. The van der Waals surface area contributed by atoms with Gasteiger partial charge in [-0.05, 0) is 97.7 Å². The molecule has 2 N–H and O–H groups in total. The monoisotopic (exact) mass is 781 g/mol. The minimum Gasteiger partial charge on any atom is -0.396 e. The van der Waals surface area contributed by atoms with Crippen LogP contribution in [0, 0.1) is 58.2 Å². The van der Waals surface area contributed by atoms with Crippen molar-refractivity contribution in [2.24, 2.45) is 58.2 Å². The lowest BCUT2D eigenvalue weighted by atomic mass is 9.89. The maximum atomic E-state index is 13.3. The fourth-order valence-electron chi connectivity index (χ4n) is 11.5. The third-order valence-corrected chi connectivity index (χ3v) is 15.6. The van der Waals surface area contributed by atoms with Crippen molar-refractivity contribution in [3.05, 3.63) is 12.2 Å². The smallest absolute Gasteiger partial charge is 0.226 e. The molecule has 8 nitrogen and oxygen atoms in total. The predicted octanol–water partition coefficient (Wildman–Crippen LogP) is 8.95. The average molecular weight is 781 g/mol. The lowest BCUT2D eigenvalue weighted by molar-refractivity contribution is -0.143. The van der Waals surface area contributed by atoms with Gasteiger partial charge in [0.15, 0.2) is 11.6 Å². The number of hydrogen-bond donors (Lipinski definition) is 2. The molecule has 0 spiro atoms. The molecule has 56 heavy (non-hydrogen) atoms. The van der Waals surface area contributed by atoms with Gasteiger partial charge in [0.05, 0.1) is 12.1 Å². The number of carbonyl (C=O) groups excluding carboxylic acids is 4. The Morgan fingerprint density at radius 3 is 1.27 bits per heavy atom. The molecule has 2 saturated carbocycles. The lowest BCUT2D eigenvalue weighted by Gasteiger charge is -2.32. The van der Waals surface area contributed by atoms with Gasteiger partial charge in [0.1, 0.15) is 0 Å². The molecule has 0 radical (unpaired) electrons. The van der Waals surface area contributed by atoms with Gasteiger partial charge in [-0.2, -0.15) is 0 Å². The zero-order valence-corrected chi connectivity index (χ0v) is 36.3. The third kappa shape index (κ3) is 10.8. The van der Waals surface area contributed by atoms with E-state index in [1.165, 1.54) is 38.5 Å². The van der Waals surface area contributed by atoms with Crippen molar-refractivity contribution in [3.63, 3.8) is 0 Å². The second-order valence-corrected chi connectivity index (χ2v) is 20.5. The van der Waals surface area contributed by atoms with Gasteiger partial charge in [0.25, 0.3) is 0 Å². The van der Waals surface area contributed by atoms with Crippen LogP contribution < -0.4 is 0 Å². The molecule has 2 amide bonds. The minimum absolute atomic E-state index is 0.00999. The number of nitrogens with zero attached hydrogens (tertiary/aromatic N) is 2. The van der Waals surface area contributed by atoms with E-state index in [4.69, 9.17) is 0 Å². The molecular weight excluding hydrogens is 701 g/mol. The maximum absolute atomic E-state index is 13.3.